The van der Waals surface area contributed by atoms with E-state index in [1.165, 1.54) is 7.05 Å². The van der Waals surface area contributed by atoms with Crippen LogP contribution in [0.4, 0.5) is 5.69 Å². The number of nitrogens with one attached hydrogen (secondary N) is 3. The van der Waals surface area contributed by atoms with Crippen LogP contribution in [0.1, 0.15) is 5.56 Å². The number of anilines is 1. The van der Waals surface area contributed by atoms with Crippen molar-refractivity contribution in [2.24, 2.45) is 0 Å². The van der Waals surface area contributed by atoms with E-state index in [2.05, 4.69) is 20.2 Å². The molecule has 0 spiro atoms. The Morgan fingerprint density at radius 1 is 1.08 bits per heavy atom. The Morgan fingerprint density at radius 2 is 1.76 bits per heavy atom. The Bertz CT molecular complexity index is 951. The first-order valence-electron chi connectivity index (χ1n) is 7.55. The van der Waals surface area contributed by atoms with Gasteiger partial charge in [-0.2, -0.15) is 5.10 Å². The van der Waals surface area contributed by atoms with E-state index in [-0.39, 0.29) is 4.90 Å². The van der Waals surface area contributed by atoms with Crippen molar-refractivity contribution in [2.45, 2.75) is 11.4 Å². The smallest absolute Gasteiger partial charge is 0.240 e. The first kappa shape index (κ1) is 17.5. The van der Waals surface area contributed by atoms with Crippen LogP contribution in [0.3, 0.4) is 0 Å². The number of hydrogen-bond donors (Lipinski definition) is 3. The van der Waals surface area contributed by atoms with Crippen LogP contribution >= 0.6 is 11.6 Å². The highest BCUT2D eigenvalue weighted by Crippen LogP contribution is 2.24. The van der Waals surface area contributed by atoms with Gasteiger partial charge in [-0.15, -0.1) is 0 Å². The lowest BCUT2D eigenvalue weighted by atomic mass is 10.1. The maximum atomic E-state index is 11.7. The lowest BCUT2D eigenvalue weighted by molar-refractivity contribution is 0.588. The predicted octanol–water partition coefficient (Wildman–Crippen LogP) is 3.25. The highest BCUT2D eigenvalue weighted by molar-refractivity contribution is 7.89. The van der Waals surface area contributed by atoms with Gasteiger partial charge >= 0.3 is 0 Å². The van der Waals surface area contributed by atoms with E-state index in [1.54, 1.807) is 30.5 Å². The second-order valence-corrected chi connectivity index (χ2v) is 7.69. The number of halogens is 1. The highest BCUT2D eigenvalue weighted by atomic mass is 35.5. The van der Waals surface area contributed by atoms with Gasteiger partial charge in [0.2, 0.25) is 10.0 Å². The van der Waals surface area contributed by atoms with E-state index in [4.69, 9.17) is 11.6 Å². The molecule has 130 valence electrons. The molecule has 0 saturated heterocycles. The molecule has 3 aromatic rings. The lowest BCUT2D eigenvalue weighted by Crippen LogP contribution is -2.18. The molecule has 1 aromatic heterocycles. The van der Waals surface area contributed by atoms with E-state index in [0.29, 0.717) is 11.6 Å². The molecule has 0 fully saturated rings. The number of rotatable bonds is 6. The van der Waals surface area contributed by atoms with E-state index < -0.39 is 10.0 Å². The van der Waals surface area contributed by atoms with Gasteiger partial charge in [0.15, 0.2) is 0 Å². The number of sulfonamides is 1. The molecule has 0 atom stereocenters. The average Bonchev–Trinajstić information content (AvgIpc) is 3.09. The molecular formula is C17H17ClN4O2S. The van der Waals surface area contributed by atoms with Crippen molar-refractivity contribution in [3.63, 3.8) is 0 Å². The Morgan fingerprint density at radius 3 is 2.40 bits per heavy atom. The fourth-order valence-electron chi connectivity index (χ4n) is 2.38. The van der Waals surface area contributed by atoms with Crippen LogP contribution in [0.25, 0.3) is 11.3 Å². The molecule has 3 N–H and O–H groups in total. The largest absolute Gasteiger partial charge is 0.381 e. The summed E-state index contributed by atoms with van der Waals surface area (Å²) in [5.41, 5.74) is 3.72. The van der Waals surface area contributed by atoms with Crippen molar-refractivity contribution in [3.05, 3.63) is 65.3 Å². The summed E-state index contributed by atoms with van der Waals surface area (Å²) in [5.74, 6) is 0. The highest BCUT2D eigenvalue weighted by Gasteiger charge is 2.11. The van der Waals surface area contributed by atoms with Crippen LogP contribution in [0.15, 0.2) is 59.6 Å². The average molecular weight is 377 g/mol. The van der Waals surface area contributed by atoms with Gasteiger partial charge in [-0.3, -0.25) is 5.10 Å². The Kier molecular flexibility index (Phi) is 5.08. The zero-order chi connectivity index (χ0) is 17.9. The van der Waals surface area contributed by atoms with Crippen molar-refractivity contribution >= 4 is 27.3 Å². The van der Waals surface area contributed by atoms with Crippen molar-refractivity contribution in [2.75, 3.05) is 12.4 Å². The van der Waals surface area contributed by atoms with E-state index in [1.807, 2.05) is 24.3 Å². The number of aromatic amines is 1. The molecule has 3 rings (SSSR count). The van der Waals surface area contributed by atoms with Crippen molar-refractivity contribution < 1.29 is 8.42 Å². The molecule has 2 aromatic carbocycles. The van der Waals surface area contributed by atoms with Gasteiger partial charge in [0.25, 0.3) is 0 Å². The van der Waals surface area contributed by atoms with Gasteiger partial charge in [0.05, 0.1) is 16.8 Å². The molecular weight excluding hydrogens is 360 g/mol. The standard InChI is InChI=1S/C17H17ClN4O2S/c1-19-25(23,24)16-8-6-15(7-9-16)20-10-13-11-21-22-17(13)12-2-4-14(18)5-3-12/h2-9,11,19-20H,10H2,1H3,(H,21,22). The summed E-state index contributed by atoms with van der Waals surface area (Å²) >= 11 is 5.92. The SMILES string of the molecule is CNS(=O)(=O)c1ccc(NCc2cn[nH]c2-c2ccc(Cl)cc2)cc1. The number of hydrogen-bond acceptors (Lipinski definition) is 4. The van der Waals surface area contributed by atoms with E-state index >= 15 is 0 Å². The molecule has 0 aliphatic heterocycles. The van der Waals surface area contributed by atoms with Crippen molar-refractivity contribution in [3.8, 4) is 11.3 Å². The van der Waals surface area contributed by atoms with Gasteiger partial charge < -0.3 is 5.32 Å². The molecule has 0 aliphatic carbocycles. The fraction of sp³-hybridized carbons (Fsp3) is 0.118. The lowest BCUT2D eigenvalue weighted by Gasteiger charge is -2.08. The van der Waals surface area contributed by atoms with Crippen molar-refractivity contribution in [1.82, 2.24) is 14.9 Å². The summed E-state index contributed by atoms with van der Waals surface area (Å²) in [6.07, 6.45) is 1.76. The molecule has 0 bridgehead atoms. The monoisotopic (exact) mass is 376 g/mol. The third kappa shape index (κ3) is 4.01. The molecule has 0 saturated carbocycles. The first-order chi connectivity index (χ1) is 12.0. The predicted molar refractivity (Wildman–Crippen MR) is 99.0 cm³/mol. The van der Waals surface area contributed by atoms with Crippen LogP contribution in [0.5, 0.6) is 0 Å². The van der Waals surface area contributed by atoms with Gasteiger partial charge in [0, 0.05) is 22.8 Å². The summed E-state index contributed by atoms with van der Waals surface area (Å²) in [5, 5.41) is 11.0. The third-order valence-electron chi connectivity index (χ3n) is 3.77. The summed E-state index contributed by atoms with van der Waals surface area (Å²) in [7, 11) is -2.04. The zero-order valence-corrected chi connectivity index (χ0v) is 15.0. The third-order valence-corrected chi connectivity index (χ3v) is 5.45. The van der Waals surface area contributed by atoms with Crippen LogP contribution in [0, 0.1) is 0 Å². The topological polar surface area (TPSA) is 86.9 Å². The number of benzene rings is 2. The Hall–Kier alpha value is -2.35. The maximum absolute atomic E-state index is 11.7. The van der Waals surface area contributed by atoms with Gasteiger partial charge in [-0.05, 0) is 49.0 Å². The minimum absolute atomic E-state index is 0.228. The van der Waals surface area contributed by atoms with Crippen LogP contribution in [0.2, 0.25) is 5.02 Å². The second kappa shape index (κ2) is 7.26. The summed E-state index contributed by atoms with van der Waals surface area (Å²) in [4.78, 5) is 0.228. The molecule has 1 heterocycles. The van der Waals surface area contributed by atoms with Crippen LogP contribution < -0.4 is 10.0 Å². The summed E-state index contributed by atoms with van der Waals surface area (Å²) in [6.45, 7) is 0.548. The Balaban J connectivity index is 1.73. The summed E-state index contributed by atoms with van der Waals surface area (Å²) < 4.78 is 25.7. The molecule has 25 heavy (non-hydrogen) atoms. The Labute approximate surface area is 151 Å². The second-order valence-electron chi connectivity index (χ2n) is 5.36. The number of nitrogens with zero attached hydrogens (tertiary/aromatic N) is 1. The minimum atomic E-state index is -3.42. The normalized spacial score (nSPS) is 11.4. The molecule has 0 amide bonds. The number of H-pyrrole nitrogens is 1. The zero-order valence-electron chi connectivity index (χ0n) is 13.5. The summed E-state index contributed by atoms with van der Waals surface area (Å²) in [6, 6.07) is 14.1. The molecule has 0 unspecified atom stereocenters. The molecule has 0 aliphatic rings. The molecule has 8 heteroatoms. The quantitative estimate of drug-likeness (QED) is 0.616. The van der Waals surface area contributed by atoms with E-state index in [0.717, 1.165) is 22.5 Å². The number of aromatic nitrogens is 2. The van der Waals surface area contributed by atoms with Gasteiger partial charge in [-0.1, -0.05) is 23.7 Å². The minimum Gasteiger partial charge on any atom is -0.381 e. The maximum Gasteiger partial charge on any atom is 0.240 e. The van der Waals surface area contributed by atoms with E-state index in [9.17, 15) is 8.42 Å². The molecule has 6 nitrogen and oxygen atoms in total. The first-order valence-corrected chi connectivity index (χ1v) is 9.41. The van der Waals surface area contributed by atoms with Gasteiger partial charge in [-0.25, -0.2) is 13.1 Å². The van der Waals surface area contributed by atoms with Crippen molar-refractivity contribution in [1.29, 1.82) is 0 Å². The van der Waals surface area contributed by atoms with Crippen LogP contribution in [-0.4, -0.2) is 25.7 Å². The van der Waals surface area contributed by atoms with Gasteiger partial charge in [0.1, 0.15) is 0 Å². The fourth-order valence-corrected chi connectivity index (χ4v) is 3.23. The molecule has 0 radical (unpaired) electrons. The van der Waals surface area contributed by atoms with Crippen LogP contribution in [-0.2, 0) is 16.6 Å².